The third kappa shape index (κ3) is 52.2. The van der Waals surface area contributed by atoms with Crippen LogP contribution in [0.3, 0.4) is 0 Å². The predicted octanol–water partition coefficient (Wildman–Crippen LogP) is 18.7. The molecule has 6 nitrogen and oxygen atoms in total. The Kier molecular flexibility index (Phi) is 55.5. The molecule has 2 atom stereocenters. The van der Waals surface area contributed by atoms with Crippen LogP contribution in [0.5, 0.6) is 0 Å². The lowest BCUT2D eigenvalue weighted by Crippen LogP contribution is -2.45. The van der Waals surface area contributed by atoms with Gasteiger partial charge in [-0.05, 0) is 25.7 Å². The molecule has 0 heterocycles. The average molecular weight is 935 g/mol. The minimum Gasteiger partial charge on any atom is -0.466 e. The van der Waals surface area contributed by atoms with Gasteiger partial charge in [-0.15, -0.1) is 0 Å². The van der Waals surface area contributed by atoms with Gasteiger partial charge in [-0.2, -0.15) is 0 Å². The van der Waals surface area contributed by atoms with Crippen LogP contribution in [-0.4, -0.2) is 47.4 Å². The standard InChI is InChI=1S/C60H119NO5/c1-3-5-7-9-11-13-15-17-18-19-20-24-27-30-34-38-42-46-50-54-60(65)66-55-51-47-43-39-35-31-28-25-22-21-23-26-29-33-37-41-45-49-53-59(64)61-57(56-62)58(63)52-48-44-40-36-32-16-14-12-10-8-6-4-2/h57-58,62-63H,3-56H2,1-2H3,(H,61,64). The zero-order valence-electron chi connectivity index (χ0n) is 45.0. The average Bonchev–Trinajstić information content (AvgIpc) is 3.32. The summed E-state index contributed by atoms with van der Waals surface area (Å²) in [7, 11) is 0. The topological polar surface area (TPSA) is 95.9 Å². The molecule has 394 valence electrons. The fourth-order valence-electron chi connectivity index (χ4n) is 9.76. The summed E-state index contributed by atoms with van der Waals surface area (Å²) in [6, 6.07) is -0.542. The first-order valence-electron chi connectivity index (χ1n) is 30.3. The molecule has 0 spiro atoms. The maximum atomic E-state index is 12.5. The van der Waals surface area contributed by atoms with Crippen molar-refractivity contribution in [2.45, 2.75) is 360 Å². The quantitative estimate of drug-likeness (QED) is 0.0417. The first-order chi connectivity index (χ1) is 32.5. The molecule has 3 N–H and O–H groups in total. The number of unbranched alkanes of at least 4 members (excludes halogenated alkanes) is 46. The van der Waals surface area contributed by atoms with Gasteiger partial charge in [0.2, 0.25) is 5.91 Å². The van der Waals surface area contributed by atoms with Crippen molar-refractivity contribution in [1.82, 2.24) is 5.32 Å². The van der Waals surface area contributed by atoms with Crippen molar-refractivity contribution >= 4 is 11.9 Å². The summed E-state index contributed by atoms with van der Waals surface area (Å²) >= 11 is 0. The lowest BCUT2D eigenvalue weighted by molar-refractivity contribution is -0.143. The molecule has 0 saturated heterocycles. The monoisotopic (exact) mass is 934 g/mol. The molecule has 66 heavy (non-hydrogen) atoms. The number of esters is 1. The second-order valence-electron chi connectivity index (χ2n) is 21.1. The number of nitrogens with one attached hydrogen (secondary N) is 1. The van der Waals surface area contributed by atoms with Gasteiger partial charge in [0.1, 0.15) is 0 Å². The van der Waals surface area contributed by atoms with E-state index >= 15 is 0 Å². The zero-order chi connectivity index (χ0) is 47.9. The number of carbonyl (C=O) groups excluding carboxylic acids is 2. The Morgan fingerprint density at radius 1 is 0.364 bits per heavy atom. The zero-order valence-corrected chi connectivity index (χ0v) is 45.0. The molecule has 0 rings (SSSR count). The number of aliphatic hydroxyl groups is 2. The van der Waals surface area contributed by atoms with E-state index in [4.69, 9.17) is 4.74 Å². The SMILES string of the molecule is CCCCCCCCCCCCCCCCCCCCCC(=O)OCCCCCCCCCCCCCCCCCCCCC(=O)NC(CO)C(O)CCCCCCCCCCCCCC. The van der Waals surface area contributed by atoms with Crippen molar-refractivity contribution in [3.05, 3.63) is 0 Å². The van der Waals surface area contributed by atoms with Gasteiger partial charge in [0.05, 0.1) is 25.4 Å². The Morgan fingerprint density at radius 3 is 0.924 bits per heavy atom. The Hall–Kier alpha value is -1.14. The van der Waals surface area contributed by atoms with Crippen LogP contribution in [0.4, 0.5) is 0 Å². The first kappa shape index (κ1) is 64.9. The summed E-state index contributed by atoms with van der Waals surface area (Å²) in [5, 5.41) is 23.2. The van der Waals surface area contributed by atoms with E-state index in [1.165, 1.54) is 276 Å². The van der Waals surface area contributed by atoms with Crippen LogP contribution in [0.1, 0.15) is 348 Å². The van der Waals surface area contributed by atoms with Gasteiger partial charge in [-0.25, -0.2) is 0 Å². The molecule has 1 amide bonds. The van der Waals surface area contributed by atoms with E-state index < -0.39 is 12.1 Å². The fraction of sp³-hybridized carbons (Fsp3) is 0.967. The van der Waals surface area contributed by atoms with Crippen LogP contribution in [0.15, 0.2) is 0 Å². The molecule has 0 aromatic carbocycles. The lowest BCUT2D eigenvalue weighted by Gasteiger charge is -2.22. The van der Waals surface area contributed by atoms with Crippen molar-refractivity contribution in [1.29, 1.82) is 0 Å². The second kappa shape index (κ2) is 56.4. The number of amides is 1. The van der Waals surface area contributed by atoms with Crippen LogP contribution in [0.25, 0.3) is 0 Å². The highest BCUT2D eigenvalue weighted by Crippen LogP contribution is 2.18. The minimum atomic E-state index is -0.664. The van der Waals surface area contributed by atoms with Crippen LogP contribution < -0.4 is 5.32 Å². The molecule has 0 saturated carbocycles. The molecule has 0 radical (unpaired) electrons. The highest BCUT2D eigenvalue weighted by Gasteiger charge is 2.20. The number of hydrogen-bond donors (Lipinski definition) is 3. The lowest BCUT2D eigenvalue weighted by atomic mass is 10.0. The number of rotatable bonds is 57. The third-order valence-electron chi connectivity index (χ3n) is 14.4. The first-order valence-corrected chi connectivity index (χ1v) is 30.3. The van der Waals surface area contributed by atoms with Crippen molar-refractivity contribution < 1.29 is 24.5 Å². The van der Waals surface area contributed by atoms with Crippen LogP contribution in [0.2, 0.25) is 0 Å². The smallest absolute Gasteiger partial charge is 0.305 e. The Labute approximate surface area is 413 Å². The van der Waals surface area contributed by atoms with Crippen molar-refractivity contribution in [2.75, 3.05) is 13.2 Å². The van der Waals surface area contributed by atoms with Crippen molar-refractivity contribution in [3.8, 4) is 0 Å². The Morgan fingerprint density at radius 2 is 0.621 bits per heavy atom. The molecule has 0 fully saturated rings. The third-order valence-corrected chi connectivity index (χ3v) is 14.4. The molecule has 2 unspecified atom stereocenters. The summed E-state index contributed by atoms with van der Waals surface area (Å²) in [5.41, 5.74) is 0. The molecule has 0 aliphatic rings. The summed E-state index contributed by atoms with van der Waals surface area (Å²) in [5.74, 6) is -0.0243. The van der Waals surface area contributed by atoms with E-state index in [1.54, 1.807) is 0 Å². The van der Waals surface area contributed by atoms with Gasteiger partial charge in [0.15, 0.2) is 0 Å². The number of hydrogen-bond acceptors (Lipinski definition) is 5. The predicted molar refractivity (Wildman–Crippen MR) is 287 cm³/mol. The van der Waals surface area contributed by atoms with Crippen LogP contribution >= 0.6 is 0 Å². The Balaban J connectivity index is 3.35. The van der Waals surface area contributed by atoms with E-state index in [2.05, 4.69) is 19.2 Å². The summed E-state index contributed by atoms with van der Waals surface area (Å²) in [4.78, 5) is 24.5. The minimum absolute atomic E-state index is 0.0130. The summed E-state index contributed by atoms with van der Waals surface area (Å²) in [6.45, 7) is 4.97. The van der Waals surface area contributed by atoms with Crippen molar-refractivity contribution in [3.63, 3.8) is 0 Å². The van der Waals surface area contributed by atoms with Crippen LogP contribution in [-0.2, 0) is 14.3 Å². The number of ether oxygens (including phenoxy) is 1. The van der Waals surface area contributed by atoms with E-state index in [0.29, 0.717) is 25.9 Å². The van der Waals surface area contributed by atoms with E-state index in [-0.39, 0.29) is 18.5 Å². The van der Waals surface area contributed by atoms with Gasteiger partial charge in [0, 0.05) is 12.8 Å². The number of carbonyl (C=O) groups is 2. The maximum Gasteiger partial charge on any atom is 0.305 e. The Bertz CT molecular complexity index is 944. The van der Waals surface area contributed by atoms with Crippen LogP contribution in [0, 0.1) is 0 Å². The summed E-state index contributed by atoms with van der Waals surface area (Å²) in [6.07, 6.45) is 65.3. The van der Waals surface area contributed by atoms with Gasteiger partial charge in [-0.3, -0.25) is 9.59 Å². The largest absolute Gasteiger partial charge is 0.466 e. The highest BCUT2D eigenvalue weighted by atomic mass is 16.5. The second-order valence-corrected chi connectivity index (χ2v) is 21.1. The molecule has 0 aliphatic carbocycles. The van der Waals surface area contributed by atoms with Gasteiger partial charge >= 0.3 is 5.97 Å². The highest BCUT2D eigenvalue weighted by molar-refractivity contribution is 5.76. The molecular formula is C60H119NO5. The summed E-state index contributed by atoms with van der Waals surface area (Å²) < 4.78 is 5.50. The molecular weight excluding hydrogens is 815 g/mol. The number of aliphatic hydroxyl groups excluding tert-OH is 2. The molecule has 0 aromatic heterocycles. The molecule has 0 aromatic rings. The van der Waals surface area contributed by atoms with Gasteiger partial charge in [-0.1, -0.05) is 309 Å². The van der Waals surface area contributed by atoms with E-state index in [1.807, 2.05) is 0 Å². The normalized spacial score (nSPS) is 12.5. The van der Waals surface area contributed by atoms with E-state index in [9.17, 15) is 19.8 Å². The molecule has 6 heteroatoms. The molecule has 0 bridgehead atoms. The van der Waals surface area contributed by atoms with Gasteiger partial charge < -0.3 is 20.3 Å². The van der Waals surface area contributed by atoms with Crippen molar-refractivity contribution in [2.24, 2.45) is 0 Å². The maximum absolute atomic E-state index is 12.5. The van der Waals surface area contributed by atoms with E-state index in [0.717, 1.165) is 38.5 Å². The molecule has 0 aliphatic heterocycles. The van der Waals surface area contributed by atoms with Gasteiger partial charge in [0.25, 0.3) is 0 Å². The fourth-order valence-corrected chi connectivity index (χ4v) is 9.76.